The molecular weight excluding hydrogens is 164 g/mol. The Morgan fingerprint density at radius 1 is 1.62 bits per heavy atom. The van der Waals surface area contributed by atoms with E-state index in [2.05, 4.69) is 24.9 Å². The maximum absolute atomic E-state index is 5.60. The molecule has 2 aliphatic rings. The minimum atomic E-state index is -0.0887. The number of ether oxygens (including phenoxy) is 1. The highest BCUT2D eigenvalue weighted by molar-refractivity contribution is 5.74. The number of amidine groups is 1. The van der Waals surface area contributed by atoms with Crippen molar-refractivity contribution in [3.63, 3.8) is 0 Å². The molecule has 0 bridgehead atoms. The van der Waals surface area contributed by atoms with Crippen LogP contribution in [-0.4, -0.2) is 11.6 Å². The SMILES string of the molecule is CC1(C)N=C(N)OC2=CCCCC21. The van der Waals surface area contributed by atoms with Gasteiger partial charge in [0.15, 0.2) is 0 Å². The van der Waals surface area contributed by atoms with Crippen LogP contribution in [0.3, 0.4) is 0 Å². The van der Waals surface area contributed by atoms with Crippen LogP contribution in [0.5, 0.6) is 0 Å². The van der Waals surface area contributed by atoms with Gasteiger partial charge in [-0.15, -0.1) is 0 Å². The lowest BCUT2D eigenvalue weighted by atomic mass is 9.79. The summed E-state index contributed by atoms with van der Waals surface area (Å²) in [6.07, 6.45) is 5.65. The van der Waals surface area contributed by atoms with E-state index >= 15 is 0 Å². The Bertz CT molecular complexity index is 279. The number of nitrogens with zero attached hydrogens (tertiary/aromatic N) is 1. The van der Waals surface area contributed by atoms with Crippen LogP contribution in [-0.2, 0) is 4.74 Å². The van der Waals surface area contributed by atoms with Crippen molar-refractivity contribution in [2.75, 3.05) is 0 Å². The molecule has 1 unspecified atom stereocenters. The maximum Gasteiger partial charge on any atom is 0.287 e. The van der Waals surface area contributed by atoms with Gasteiger partial charge in [0.25, 0.3) is 6.02 Å². The Kier molecular flexibility index (Phi) is 1.82. The molecule has 0 spiro atoms. The van der Waals surface area contributed by atoms with Crippen molar-refractivity contribution in [1.29, 1.82) is 0 Å². The third-order valence-electron chi connectivity index (χ3n) is 2.86. The normalized spacial score (nSPS) is 31.1. The van der Waals surface area contributed by atoms with Gasteiger partial charge in [-0.25, -0.2) is 4.99 Å². The molecule has 1 aliphatic carbocycles. The highest BCUT2D eigenvalue weighted by Crippen LogP contribution is 2.38. The summed E-state index contributed by atoms with van der Waals surface area (Å²) in [5.74, 6) is 1.46. The molecule has 72 valence electrons. The Balaban J connectivity index is 2.36. The first kappa shape index (κ1) is 8.60. The largest absolute Gasteiger partial charge is 0.431 e. The standard InChI is InChI=1S/C10H16N2O/c1-10(2)7-5-3-4-6-8(7)13-9(11)12-10/h6-7H,3-5H2,1-2H3,(H2,11,12). The monoisotopic (exact) mass is 180 g/mol. The molecule has 0 aromatic carbocycles. The predicted molar refractivity (Wildman–Crippen MR) is 52.2 cm³/mol. The summed E-state index contributed by atoms with van der Waals surface area (Å²) >= 11 is 0. The first-order valence-corrected chi connectivity index (χ1v) is 4.83. The second kappa shape index (κ2) is 2.76. The summed E-state index contributed by atoms with van der Waals surface area (Å²) in [7, 11) is 0. The zero-order valence-electron chi connectivity index (χ0n) is 8.21. The summed E-state index contributed by atoms with van der Waals surface area (Å²) < 4.78 is 5.41. The predicted octanol–water partition coefficient (Wildman–Crippen LogP) is 1.79. The molecule has 2 N–H and O–H groups in total. The number of nitrogens with two attached hydrogens (primary N) is 1. The van der Waals surface area contributed by atoms with E-state index in [9.17, 15) is 0 Å². The lowest BCUT2D eigenvalue weighted by molar-refractivity contribution is 0.199. The van der Waals surface area contributed by atoms with Gasteiger partial charge >= 0.3 is 0 Å². The molecule has 1 aliphatic heterocycles. The minimum Gasteiger partial charge on any atom is -0.431 e. The lowest BCUT2D eigenvalue weighted by Gasteiger charge is -2.38. The molecule has 0 aromatic heterocycles. The van der Waals surface area contributed by atoms with Crippen LogP contribution in [0.25, 0.3) is 0 Å². The fourth-order valence-electron chi connectivity index (χ4n) is 2.17. The van der Waals surface area contributed by atoms with E-state index in [0.29, 0.717) is 11.9 Å². The molecule has 1 heterocycles. The molecule has 3 heteroatoms. The van der Waals surface area contributed by atoms with E-state index in [1.165, 1.54) is 6.42 Å². The van der Waals surface area contributed by atoms with Crippen LogP contribution in [0.1, 0.15) is 33.1 Å². The average molecular weight is 180 g/mol. The van der Waals surface area contributed by atoms with Crippen molar-refractivity contribution >= 4 is 6.02 Å². The number of aliphatic imine (C=N–C) groups is 1. The summed E-state index contributed by atoms with van der Waals surface area (Å²) in [6.45, 7) is 4.23. The van der Waals surface area contributed by atoms with Gasteiger partial charge in [0.2, 0.25) is 0 Å². The summed E-state index contributed by atoms with van der Waals surface area (Å²) in [5, 5.41) is 0. The Hall–Kier alpha value is -0.990. The Morgan fingerprint density at radius 2 is 2.38 bits per heavy atom. The van der Waals surface area contributed by atoms with Gasteiger partial charge in [-0.05, 0) is 39.2 Å². The van der Waals surface area contributed by atoms with Gasteiger partial charge in [0.1, 0.15) is 5.76 Å². The molecule has 0 fully saturated rings. The highest BCUT2D eigenvalue weighted by Gasteiger charge is 2.38. The molecular formula is C10H16N2O. The van der Waals surface area contributed by atoms with Gasteiger partial charge in [0, 0.05) is 5.92 Å². The van der Waals surface area contributed by atoms with Crippen molar-refractivity contribution in [2.45, 2.75) is 38.6 Å². The number of hydrogen-bond acceptors (Lipinski definition) is 3. The zero-order valence-corrected chi connectivity index (χ0v) is 8.21. The van der Waals surface area contributed by atoms with Crippen LogP contribution >= 0.6 is 0 Å². The van der Waals surface area contributed by atoms with Gasteiger partial charge in [-0.3, -0.25) is 0 Å². The average Bonchev–Trinajstić information content (AvgIpc) is 2.02. The van der Waals surface area contributed by atoms with E-state index in [1.54, 1.807) is 0 Å². The van der Waals surface area contributed by atoms with Crippen LogP contribution in [0.15, 0.2) is 16.8 Å². The molecule has 3 nitrogen and oxygen atoms in total. The van der Waals surface area contributed by atoms with Crippen molar-refractivity contribution in [2.24, 2.45) is 16.6 Å². The quantitative estimate of drug-likeness (QED) is 0.617. The second-order valence-electron chi connectivity index (χ2n) is 4.30. The molecule has 0 radical (unpaired) electrons. The third kappa shape index (κ3) is 1.43. The number of fused-ring (bicyclic) bond motifs is 1. The van der Waals surface area contributed by atoms with Gasteiger partial charge in [0.05, 0.1) is 5.54 Å². The summed E-state index contributed by atoms with van der Waals surface area (Å²) in [6, 6.07) is 0.314. The van der Waals surface area contributed by atoms with Crippen LogP contribution in [0.2, 0.25) is 0 Å². The van der Waals surface area contributed by atoms with E-state index in [0.717, 1.165) is 18.6 Å². The lowest BCUT2D eigenvalue weighted by Crippen LogP contribution is -2.41. The fraction of sp³-hybridized carbons (Fsp3) is 0.700. The first-order valence-electron chi connectivity index (χ1n) is 4.83. The Morgan fingerprint density at radius 3 is 3.15 bits per heavy atom. The van der Waals surface area contributed by atoms with E-state index in [-0.39, 0.29) is 5.54 Å². The van der Waals surface area contributed by atoms with Crippen molar-refractivity contribution < 1.29 is 4.74 Å². The molecule has 1 atom stereocenters. The fourth-order valence-corrected chi connectivity index (χ4v) is 2.17. The second-order valence-corrected chi connectivity index (χ2v) is 4.30. The van der Waals surface area contributed by atoms with Crippen LogP contribution in [0, 0.1) is 5.92 Å². The van der Waals surface area contributed by atoms with Gasteiger partial charge in [-0.2, -0.15) is 0 Å². The molecule has 0 saturated heterocycles. The highest BCUT2D eigenvalue weighted by atomic mass is 16.5. The Labute approximate surface area is 78.7 Å². The number of hydrogen-bond donors (Lipinski definition) is 1. The topological polar surface area (TPSA) is 47.6 Å². The first-order chi connectivity index (χ1) is 6.09. The van der Waals surface area contributed by atoms with Crippen molar-refractivity contribution in [3.05, 3.63) is 11.8 Å². The third-order valence-corrected chi connectivity index (χ3v) is 2.86. The summed E-state index contributed by atoms with van der Waals surface area (Å²) in [4.78, 5) is 4.33. The molecule has 0 saturated carbocycles. The molecule has 0 amide bonds. The van der Waals surface area contributed by atoms with Gasteiger partial charge in [-0.1, -0.05) is 0 Å². The van der Waals surface area contributed by atoms with E-state index < -0.39 is 0 Å². The number of rotatable bonds is 0. The van der Waals surface area contributed by atoms with E-state index in [4.69, 9.17) is 10.5 Å². The molecule has 13 heavy (non-hydrogen) atoms. The van der Waals surface area contributed by atoms with Crippen molar-refractivity contribution in [3.8, 4) is 0 Å². The van der Waals surface area contributed by atoms with Crippen LogP contribution in [0.4, 0.5) is 0 Å². The minimum absolute atomic E-state index is 0.0887. The van der Waals surface area contributed by atoms with Gasteiger partial charge < -0.3 is 10.5 Å². The van der Waals surface area contributed by atoms with Crippen molar-refractivity contribution in [1.82, 2.24) is 0 Å². The smallest absolute Gasteiger partial charge is 0.287 e. The molecule has 0 aromatic rings. The number of allylic oxidation sites excluding steroid dienone is 1. The van der Waals surface area contributed by atoms with E-state index in [1.807, 2.05) is 0 Å². The maximum atomic E-state index is 5.60. The summed E-state index contributed by atoms with van der Waals surface area (Å²) in [5.41, 5.74) is 5.52. The molecule has 2 rings (SSSR count). The van der Waals surface area contributed by atoms with Crippen LogP contribution < -0.4 is 5.73 Å². The zero-order chi connectivity index (χ0) is 9.47.